The first-order valence-electron chi connectivity index (χ1n) is 26.8. The number of aryl methyl sites for hydroxylation is 1. The molecule has 1 saturated heterocycles. The van der Waals surface area contributed by atoms with Crippen LogP contribution in [0.4, 0.5) is 0 Å². The smallest absolute Gasteiger partial charge is 0.297 e. The molecule has 81 heavy (non-hydrogen) atoms. The molecule has 16 nitrogen and oxygen atoms in total. The zero-order valence-electron chi connectivity index (χ0n) is 45.0. The van der Waals surface area contributed by atoms with Crippen molar-refractivity contribution in [2.45, 2.75) is 107 Å². The minimum absolute atomic E-state index is 0.0466. The zero-order valence-corrected chi connectivity index (χ0v) is 45.8. The maximum atomic E-state index is 14.8. The Labute approximate surface area is 472 Å². The minimum Gasteiger partial charge on any atom is -0.388 e. The van der Waals surface area contributed by atoms with Crippen LogP contribution in [0.3, 0.4) is 0 Å². The molecule has 17 heteroatoms. The fourth-order valence-corrected chi connectivity index (χ4v) is 10.7. The molecule has 3 amide bonds. The number of aliphatic hydroxyl groups excluding tert-OH is 1. The van der Waals surface area contributed by atoms with Gasteiger partial charge in [-0.05, 0) is 59.0 Å². The van der Waals surface area contributed by atoms with Gasteiger partial charge in [0.15, 0.2) is 6.29 Å². The van der Waals surface area contributed by atoms with Crippen LogP contribution in [0, 0.1) is 6.92 Å². The van der Waals surface area contributed by atoms with Crippen molar-refractivity contribution >= 4 is 27.8 Å². The number of carbonyl (C=O) groups is 3. The Morgan fingerprint density at radius 3 is 1.54 bits per heavy atom. The van der Waals surface area contributed by atoms with E-state index in [0.29, 0.717) is 5.56 Å². The van der Waals surface area contributed by atoms with Crippen LogP contribution < -0.4 is 5.32 Å². The third-order valence-electron chi connectivity index (χ3n) is 13.9. The van der Waals surface area contributed by atoms with Crippen molar-refractivity contribution in [3.05, 3.63) is 245 Å². The maximum absolute atomic E-state index is 14.8. The van der Waals surface area contributed by atoms with Crippen molar-refractivity contribution < 1.29 is 65.2 Å². The molecular weight excluding hydrogens is 1050 g/mol. The molecule has 0 spiro atoms. The lowest BCUT2D eigenvalue weighted by molar-refractivity contribution is -0.317. The molecule has 0 bridgehead atoms. The number of nitrogens with one attached hydrogen (secondary N) is 1. The zero-order chi connectivity index (χ0) is 56.6. The number of nitrogens with zero attached hydrogens (tertiary/aromatic N) is 1. The lowest BCUT2D eigenvalue weighted by Gasteiger charge is -2.48. The molecule has 0 aromatic heterocycles. The van der Waals surface area contributed by atoms with Gasteiger partial charge in [0.25, 0.3) is 21.9 Å². The summed E-state index contributed by atoms with van der Waals surface area (Å²) < 4.78 is 81.8. The Hall–Kier alpha value is -7.26. The molecular formula is C64H66N2O14S. The highest BCUT2D eigenvalue weighted by Crippen LogP contribution is 2.35. The van der Waals surface area contributed by atoms with Crippen LogP contribution in [0.25, 0.3) is 0 Å². The summed E-state index contributed by atoms with van der Waals surface area (Å²) in [6, 6.07) is 56.2. The average Bonchev–Trinajstić information content (AvgIpc) is 4.03. The molecule has 7 aromatic rings. The Morgan fingerprint density at radius 1 is 0.580 bits per heavy atom. The van der Waals surface area contributed by atoms with Gasteiger partial charge in [-0.1, -0.05) is 181 Å². The fourth-order valence-electron chi connectivity index (χ4n) is 9.80. The average molecular weight is 1120 g/mol. The number of benzene rings is 7. The molecule has 0 saturated carbocycles. The second-order valence-corrected chi connectivity index (χ2v) is 21.5. The van der Waals surface area contributed by atoms with Gasteiger partial charge in [0.1, 0.15) is 42.7 Å². The summed E-state index contributed by atoms with van der Waals surface area (Å²) in [4.78, 5) is 44.0. The summed E-state index contributed by atoms with van der Waals surface area (Å²) in [5, 5.41) is 15.9. The van der Waals surface area contributed by atoms with Crippen molar-refractivity contribution in [2.75, 3.05) is 19.8 Å². The molecule has 0 aliphatic carbocycles. The van der Waals surface area contributed by atoms with Crippen molar-refractivity contribution in [1.29, 1.82) is 0 Å². The standard InChI is InChI=1S/C64H66N2O14S/c1-44-32-34-51(35-33-44)81(71,72)78-41-54(66-62(69)52-30-18-19-31-53(52)63(66)70)58(75-38-48-24-12-5-13-25-48)59(55(68)42-73-36-46-20-8-3-9-21-46)80-64-57(65-45(2)67)61(77-40-50-28-16-7-17-29-50)60(76-39-49-26-14-6-15-27-49)56(79-64)43-74-37-47-22-10-4-11-23-47/h3-35,54-61,64,68H,36-43H2,1-2H3,(H,65,67)/t54-,55+,56+,57+,58+,59+,60+,61+,64-/m0/s1. The Morgan fingerprint density at radius 2 is 1.04 bits per heavy atom. The number of ether oxygens (including phenoxy) is 7. The van der Waals surface area contributed by atoms with Gasteiger partial charge in [-0.2, -0.15) is 8.42 Å². The first-order valence-corrected chi connectivity index (χ1v) is 28.2. The molecule has 9 atom stereocenters. The number of carbonyl (C=O) groups excluding carboxylic acids is 3. The summed E-state index contributed by atoms with van der Waals surface area (Å²) in [5.74, 6) is -2.04. The fraction of sp³-hybridized carbons (Fsp3) is 0.297. The summed E-state index contributed by atoms with van der Waals surface area (Å²) in [6.45, 7) is 1.94. The number of imide groups is 1. The van der Waals surface area contributed by atoms with Gasteiger partial charge in [-0.15, -0.1) is 0 Å². The van der Waals surface area contributed by atoms with E-state index in [4.69, 9.17) is 37.3 Å². The molecule has 0 unspecified atom stereocenters. The summed E-state index contributed by atoms with van der Waals surface area (Å²) in [7, 11) is -4.60. The number of rotatable bonds is 28. The van der Waals surface area contributed by atoms with E-state index in [2.05, 4.69) is 5.32 Å². The van der Waals surface area contributed by atoms with E-state index in [-0.39, 0.29) is 55.7 Å². The van der Waals surface area contributed by atoms with Crippen molar-refractivity contribution in [1.82, 2.24) is 10.2 Å². The second kappa shape index (κ2) is 28.4. The van der Waals surface area contributed by atoms with E-state index in [1.54, 1.807) is 55.5 Å². The van der Waals surface area contributed by atoms with Gasteiger partial charge in [0.05, 0.1) is 74.9 Å². The normalized spacial score (nSPS) is 19.6. The predicted octanol–water partition coefficient (Wildman–Crippen LogP) is 8.53. The summed E-state index contributed by atoms with van der Waals surface area (Å²) in [6.07, 6.45) is -9.63. The third kappa shape index (κ3) is 15.6. The number of fused-ring (bicyclic) bond motifs is 1. The van der Waals surface area contributed by atoms with Crippen LogP contribution >= 0.6 is 0 Å². The van der Waals surface area contributed by atoms with E-state index in [9.17, 15) is 27.9 Å². The molecule has 422 valence electrons. The van der Waals surface area contributed by atoms with Gasteiger partial charge >= 0.3 is 0 Å². The van der Waals surface area contributed by atoms with Crippen LogP contribution in [-0.2, 0) is 85.3 Å². The lowest BCUT2D eigenvalue weighted by Crippen LogP contribution is -2.68. The highest BCUT2D eigenvalue weighted by atomic mass is 32.2. The first kappa shape index (κ1) is 58.4. The topological polar surface area (TPSA) is 195 Å². The number of hydrogen-bond donors (Lipinski definition) is 2. The molecule has 0 radical (unpaired) electrons. The van der Waals surface area contributed by atoms with Crippen molar-refractivity contribution in [2.24, 2.45) is 0 Å². The van der Waals surface area contributed by atoms with Gasteiger partial charge in [0, 0.05) is 6.92 Å². The lowest BCUT2D eigenvalue weighted by atomic mass is 9.94. The third-order valence-corrected chi connectivity index (χ3v) is 15.2. The van der Waals surface area contributed by atoms with E-state index in [1.807, 2.05) is 127 Å². The molecule has 2 aliphatic rings. The quantitative estimate of drug-likeness (QED) is 0.0350. The van der Waals surface area contributed by atoms with Gasteiger partial charge in [0.2, 0.25) is 5.91 Å². The number of hydrogen-bond acceptors (Lipinski definition) is 14. The monoisotopic (exact) mass is 1120 g/mol. The van der Waals surface area contributed by atoms with Gasteiger partial charge in [-0.25, -0.2) is 0 Å². The molecule has 2 aliphatic heterocycles. The van der Waals surface area contributed by atoms with E-state index < -0.39 is 96.1 Å². The molecule has 9 rings (SSSR count). The van der Waals surface area contributed by atoms with Crippen molar-refractivity contribution in [3.63, 3.8) is 0 Å². The van der Waals surface area contributed by atoms with E-state index >= 15 is 0 Å². The van der Waals surface area contributed by atoms with Crippen LogP contribution in [0.5, 0.6) is 0 Å². The Kier molecular flexibility index (Phi) is 20.5. The summed E-state index contributed by atoms with van der Waals surface area (Å²) in [5.41, 5.74) is 4.88. The van der Waals surface area contributed by atoms with Crippen LogP contribution in [0.2, 0.25) is 0 Å². The van der Waals surface area contributed by atoms with Crippen LogP contribution in [0.15, 0.2) is 205 Å². The molecule has 2 heterocycles. The predicted molar refractivity (Wildman–Crippen MR) is 299 cm³/mol. The van der Waals surface area contributed by atoms with Gasteiger partial charge in [-0.3, -0.25) is 23.5 Å². The van der Waals surface area contributed by atoms with Crippen LogP contribution in [-0.4, -0.2) is 111 Å². The van der Waals surface area contributed by atoms with Crippen molar-refractivity contribution in [3.8, 4) is 0 Å². The summed E-state index contributed by atoms with van der Waals surface area (Å²) >= 11 is 0. The number of amides is 3. The largest absolute Gasteiger partial charge is 0.388 e. The Bertz CT molecular complexity index is 3180. The maximum Gasteiger partial charge on any atom is 0.297 e. The van der Waals surface area contributed by atoms with E-state index in [1.165, 1.54) is 31.2 Å². The molecule has 2 N–H and O–H groups in total. The minimum atomic E-state index is -4.60. The SMILES string of the molecule is CC(=O)N[C@H]1[C@H](O[C@@H]([C@H](OCc2ccccc2)[C@H](COS(=O)(=O)c2ccc(C)cc2)N2C(=O)c3ccccc3C2=O)[C@H](O)COCc2ccccc2)O[C@H](COCc2ccccc2)[C@@H](OCc2ccccc2)[C@@H]1OCc1ccccc1. The van der Waals surface area contributed by atoms with Gasteiger partial charge < -0.3 is 43.6 Å². The number of aliphatic hydroxyl groups is 1. The second-order valence-electron chi connectivity index (χ2n) is 19.9. The van der Waals surface area contributed by atoms with E-state index in [0.717, 1.165) is 32.7 Å². The highest BCUT2D eigenvalue weighted by Gasteiger charge is 2.53. The Balaban J connectivity index is 1.17. The molecule has 1 fully saturated rings. The first-order chi connectivity index (χ1) is 39.4. The molecule has 7 aromatic carbocycles. The highest BCUT2D eigenvalue weighted by molar-refractivity contribution is 7.86. The van der Waals surface area contributed by atoms with Crippen LogP contribution in [0.1, 0.15) is 61.0 Å².